The summed E-state index contributed by atoms with van der Waals surface area (Å²) in [6.07, 6.45) is 0.761. The van der Waals surface area contributed by atoms with E-state index in [-0.39, 0.29) is 24.7 Å². The number of benzene rings is 1. The first-order valence-electron chi connectivity index (χ1n) is 11.1. The van der Waals surface area contributed by atoms with Gasteiger partial charge in [0.15, 0.2) is 0 Å². The quantitative estimate of drug-likeness (QED) is 0.643. The molecule has 2 bridgehead atoms. The van der Waals surface area contributed by atoms with E-state index in [4.69, 9.17) is 9.47 Å². The molecule has 2 aliphatic heterocycles. The Kier molecular flexibility index (Phi) is 6.42. The van der Waals surface area contributed by atoms with Gasteiger partial charge in [0.05, 0.1) is 37.8 Å². The first kappa shape index (κ1) is 22.8. The summed E-state index contributed by atoms with van der Waals surface area (Å²) in [6.45, 7) is 2.31. The average Bonchev–Trinajstić information content (AvgIpc) is 3.09. The van der Waals surface area contributed by atoms with Crippen LogP contribution in [-0.4, -0.2) is 60.0 Å². The molecule has 2 aliphatic rings. The number of rotatable bonds is 6. The third-order valence-electron chi connectivity index (χ3n) is 6.68. The van der Waals surface area contributed by atoms with Gasteiger partial charge in [-0.15, -0.1) is 0 Å². The summed E-state index contributed by atoms with van der Waals surface area (Å²) in [6, 6.07) is 9.19. The number of nitrogens with zero attached hydrogens (tertiary/aromatic N) is 2. The highest BCUT2D eigenvalue weighted by Crippen LogP contribution is 2.48. The van der Waals surface area contributed by atoms with Crippen LogP contribution in [0.3, 0.4) is 0 Å². The molecule has 0 unspecified atom stereocenters. The predicted octanol–water partition coefficient (Wildman–Crippen LogP) is 1.78. The summed E-state index contributed by atoms with van der Waals surface area (Å²) in [7, 11) is 2.84. The largest absolute Gasteiger partial charge is 0.496 e. The SMILES string of the molecule is CCCNC(=O)N1[C@@H]2c3ccc(-c4ccccc4OC)c(=O)n3C[C@H]1[C@H](CO)[C@H]2C(=O)OC. The molecule has 3 heterocycles. The Hall–Kier alpha value is -3.33. The van der Waals surface area contributed by atoms with Gasteiger partial charge in [-0.2, -0.15) is 0 Å². The van der Waals surface area contributed by atoms with E-state index in [0.717, 1.165) is 6.42 Å². The van der Waals surface area contributed by atoms with E-state index < -0.39 is 29.9 Å². The predicted molar refractivity (Wildman–Crippen MR) is 121 cm³/mol. The number of hydrogen-bond acceptors (Lipinski definition) is 6. The number of pyridine rings is 1. The maximum absolute atomic E-state index is 13.6. The highest BCUT2D eigenvalue weighted by molar-refractivity contribution is 5.81. The molecule has 4 rings (SSSR count). The van der Waals surface area contributed by atoms with Crippen LogP contribution < -0.4 is 15.6 Å². The van der Waals surface area contributed by atoms with Crippen molar-refractivity contribution in [2.75, 3.05) is 27.4 Å². The number of nitrogens with one attached hydrogen (secondary N) is 1. The van der Waals surface area contributed by atoms with Crippen LogP contribution in [0.1, 0.15) is 25.1 Å². The molecule has 9 nitrogen and oxygen atoms in total. The van der Waals surface area contributed by atoms with Crippen molar-refractivity contribution in [3.05, 3.63) is 52.4 Å². The number of carbonyl (C=O) groups excluding carboxylic acids is 2. The Morgan fingerprint density at radius 2 is 1.91 bits per heavy atom. The number of ether oxygens (including phenoxy) is 2. The van der Waals surface area contributed by atoms with E-state index in [1.807, 2.05) is 25.1 Å². The summed E-state index contributed by atoms with van der Waals surface area (Å²) >= 11 is 0. The number of esters is 1. The lowest BCUT2D eigenvalue weighted by molar-refractivity contribution is -0.148. The fraction of sp³-hybridized carbons (Fsp3) is 0.458. The monoisotopic (exact) mass is 455 g/mol. The van der Waals surface area contributed by atoms with E-state index in [9.17, 15) is 19.5 Å². The van der Waals surface area contributed by atoms with Crippen molar-refractivity contribution in [3.8, 4) is 16.9 Å². The Balaban J connectivity index is 1.86. The fourth-order valence-electron chi connectivity index (χ4n) is 5.18. The number of amides is 2. The minimum atomic E-state index is -0.775. The molecule has 1 aromatic heterocycles. The minimum absolute atomic E-state index is 0.173. The van der Waals surface area contributed by atoms with Crippen molar-refractivity contribution in [3.63, 3.8) is 0 Å². The Labute approximate surface area is 191 Å². The molecule has 1 aromatic carbocycles. The normalized spacial score (nSPS) is 23.1. The van der Waals surface area contributed by atoms with E-state index >= 15 is 0 Å². The third-order valence-corrected chi connectivity index (χ3v) is 6.68. The van der Waals surface area contributed by atoms with Crippen LogP contribution in [0.5, 0.6) is 5.75 Å². The van der Waals surface area contributed by atoms with Gasteiger partial charge < -0.3 is 29.4 Å². The number of aliphatic hydroxyl groups is 1. The fourth-order valence-corrected chi connectivity index (χ4v) is 5.18. The first-order valence-corrected chi connectivity index (χ1v) is 11.1. The van der Waals surface area contributed by atoms with Gasteiger partial charge in [-0.25, -0.2) is 4.79 Å². The molecule has 0 saturated carbocycles. The minimum Gasteiger partial charge on any atom is -0.496 e. The van der Waals surface area contributed by atoms with Crippen LogP contribution in [0.2, 0.25) is 0 Å². The number of aliphatic hydroxyl groups excluding tert-OH is 1. The average molecular weight is 456 g/mol. The van der Waals surface area contributed by atoms with Crippen LogP contribution in [0.15, 0.2) is 41.2 Å². The van der Waals surface area contributed by atoms with Crippen LogP contribution in [-0.2, 0) is 16.1 Å². The highest BCUT2D eigenvalue weighted by Gasteiger charge is 2.58. The Bertz CT molecular complexity index is 1110. The molecule has 2 amide bonds. The van der Waals surface area contributed by atoms with Gasteiger partial charge in [0.25, 0.3) is 5.56 Å². The van der Waals surface area contributed by atoms with Gasteiger partial charge >= 0.3 is 12.0 Å². The van der Waals surface area contributed by atoms with Gasteiger partial charge in [0.1, 0.15) is 5.75 Å². The van der Waals surface area contributed by atoms with Crippen molar-refractivity contribution in [1.82, 2.24) is 14.8 Å². The van der Waals surface area contributed by atoms with Crippen LogP contribution >= 0.6 is 0 Å². The molecule has 0 aliphatic carbocycles. The summed E-state index contributed by atoms with van der Waals surface area (Å²) in [5, 5.41) is 13.1. The maximum Gasteiger partial charge on any atom is 0.318 e. The van der Waals surface area contributed by atoms with Gasteiger partial charge in [-0.3, -0.25) is 9.59 Å². The summed E-state index contributed by atoms with van der Waals surface area (Å²) in [4.78, 5) is 41.1. The third kappa shape index (κ3) is 3.66. The van der Waals surface area contributed by atoms with E-state index in [1.165, 1.54) is 7.11 Å². The Morgan fingerprint density at radius 3 is 2.58 bits per heavy atom. The number of urea groups is 1. The first-order chi connectivity index (χ1) is 16.0. The Morgan fingerprint density at radius 1 is 1.15 bits per heavy atom. The number of fused-ring (bicyclic) bond motifs is 4. The number of aromatic nitrogens is 1. The molecular weight excluding hydrogens is 426 g/mol. The zero-order valence-corrected chi connectivity index (χ0v) is 19.0. The van der Waals surface area contributed by atoms with Crippen LogP contribution in [0, 0.1) is 11.8 Å². The molecule has 9 heteroatoms. The topological polar surface area (TPSA) is 110 Å². The zero-order valence-electron chi connectivity index (χ0n) is 19.0. The van der Waals surface area contributed by atoms with E-state index in [1.54, 1.807) is 34.8 Å². The van der Waals surface area contributed by atoms with Crippen LogP contribution in [0.25, 0.3) is 11.1 Å². The molecule has 0 radical (unpaired) electrons. The second kappa shape index (κ2) is 9.27. The summed E-state index contributed by atoms with van der Waals surface area (Å²) in [5.41, 5.74) is 1.45. The van der Waals surface area contributed by atoms with Crippen molar-refractivity contribution < 1.29 is 24.2 Å². The van der Waals surface area contributed by atoms with Crippen molar-refractivity contribution >= 4 is 12.0 Å². The molecule has 33 heavy (non-hydrogen) atoms. The molecule has 4 atom stereocenters. The molecule has 0 spiro atoms. The van der Waals surface area contributed by atoms with Crippen LogP contribution in [0.4, 0.5) is 4.79 Å². The lowest BCUT2D eigenvalue weighted by Gasteiger charge is -2.38. The van der Waals surface area contributed by atoms with E-state index in [0.29, 0.717) is 29.1 Å². The second-order valence-corrected chi connectivity index (χ2v) is 8.33. The van der Waals surface area contributed by atoms with Crippen molar-refractivity contribution in [2.45, 2.75) is 32.0 Å². The van der Waals surface area contributed by atoms with Crippen molar-refractivity contribution in [1.29, 1.82) is 0 Å². The number of carbonyl (C=O) groups is 2. The van der Waals surface area contributed by atoms with Crippen molar-refractivity contribution in [2.24, 2.45) is 11.8 Å². The molecule has 2 N–H and O–H groups in total. The molecule has 2 aromatic rings. The highest BCUT2D eigenvalue weighted by atomic mass is 16.5. The molecular formula is C24H29N3O6. The zero-order chi connectivity index (χ0) is 23.7. The molecule has 1 saturated heterocycles. The smallest absolute Gasteiger partial charge is 0.318 e. The number of para-hydroxylation sites is 1. The number of hydrogen-bond donors (Lipinski definition) is 2. The number of methoxy groups -OCH3 is 2. The molecule has 1 fully saturated rings. The van der Waals surface area contributed by atoms with E-state index in [2.05, 4.69) is 5.32 Å². The van der Waals surface area contributed by atoms with Gasteiger partial charge in [-0.05, 0) is 24.6 Å². The second-order valence-electron chi connectivity index (χ2n) is 8.33. The van der Waals surface area contributed by atoms with Gasteiger partial charge in [0.2, 0.25) is 0 Å². The molecule has 176 valence electrons. The lowest BCUT2D eigenvalue weighted by Crippen LogP contribution is -2.52. The standard InChI is InChI=1S/C24H29N3O6/c1-4-11-25-24(31)27-18-12-26-17(21(27)20(16(18)13-28)23(30)33-3)10-9-15(22(26)29)14-7-5-6-8-19(14)32-2/h5-10,16,18,20-21,28H,4,11-13H2,1-3H3,(H,25,31)/t16-,18-,20+,21+/m0/s1. The lowest BCUT2D eigenvalue weighted by atomic mass is 9.87. The van der Waals surface area contributed by atoms with Gasteiger partial charge in [0, 0.05) is 36.9 Å². The maximum atomic E-state index is 13.6. The van der Waals surface area contributed by atoms with Gasteiger partial charge in [-0.1, -0.05) is 25.1 Å². The summed E-state index contributed by atoms with van der Waals surface area (Å²) < 4.78 is 12.1. The summed E-state index contributed by atoms with van der Waals surface area (Å²) in [5.74, 6) is -1.26.